The van der Waals surface area contributed by atoms with Crippen molar-refractivity contribution in [3.63, 3.8) is 0 Å². The van der Waals surface area contributed by atoms with E-state index >= 15 is 0 Å². The summed E-state index contributed by atoms with van der Waals surface area (Å²) < 4.78 is 23.6. The molecule has 0 spiro atoms. The summed E-state index contributed by atoms with van der Waals surface area (Å²) in [5.74, 6) is 1.46. The van der Waals surface area contributed by atoms with Gasteiger partial charge in [-0.05, 0) is 44.7 Å². The van der Waals surface area contributed by atoms with Gasteiger partial charge in [-0.3, -0.25) is 4.90 Å². The van der Waals surface area contributed by atoms with E-state index in [1.165, 1.54) is 6.42 Å². The molecule has 2 heterocycles. The molecule has 0 bridgehead atoms. The van der Waals surface area contributed by atoms with E-state index in [4.69, 9.17) is 0 Å². The van der Waals surface area contributed by atoms with Crippen molar-refractivity contribution >= 4 is 9.84 Å². The van der Waals surface area contributed by atoms with Gasteiger partial charge in [0.05, 0.1) is 11.5 Å². The Labute approximate surface area is 117 Å². The highest BCUT2D eigenvalue weighted by Gasteiger charge is 2.31. The third-order valence-electron chi connectivity index (χ3n) is 4.22. The first-order valence-electron chi connectivity index (χ1n) is 7.64. The van der Waals surface area contributed by atoms with E-state index in [2.05, 4.69) is 24.1 Å². The van der Waals surface area contributed by atoms with Gasteiger partial charge in [0.25, 0.3) is 0 Å². The second-order valence-corrected chi connectivity index (χ2v) is 8.77. The van der Waals surface area contributed by atoms with E-state index in [0.29, 0.717) is 23.5 Å². The SMILES string of the molecule is CC(C)CC1CN(C2CCCS(=O)(=O)C2)CCCN1. The number of rotatable bonds is 3. The molecular formula is C14H28N2O2S. The minimum absolute atomic E-state index is 0.258. The zero-order valence-electron chi connectivity index (χ0n) is 12.3. The summed E-state index contributed by atoms with van der Waals surface area (Å²) in [6, 6.07) is 0.778. The minimum atomic E-state index is -2.80. The summed E-state index contributed by atoms with van der Waals surface area (Å²) in [5, 5.41) is 3.61. The largest absolute Gasteiger partial charge is 0.313 e. The lowest BCUT2D eigenvalue weighted by Gasteiger charge is -2.35. The first-order chi connectivity index (χ1) is 8.96. The van der Waals surface area contributed by atoms with Crippen molar-refractivity contribution in [1.29, 1.82) is 0 Å². The smallest absolute Gasteiger partial charge is 0.151 e. The molecule has 0 aromatic rings. The summed E-state index contributed by atoms with van der Waals surface area (Å²) in [6.45, 7) is 7.62. The lowest BCUT2D eigenvalue weighted by molar-refractivity contribution is 0.187. The van der Waals surface area contributed by atoms with E-state index in [1.807, 2.05) is 0 Å². The van der Waals surface area contributed by atoms with Gasteiger partial charge in [0.1, 0.15) is 0 Å². The second-order valence-electron chi connectivity index (χ2n) is 6.54. The maximum atomic E-state index is 11.8. The number of nitrogens with one attached hydrogen (secondary N) is 1. The topological polar surface area (TPSA) is 49.4 Å². The third kappa shape index (κ3) is 4.72. The van der Waals surface area contributed by atoms with Crippen LogP contribution in [0.4, 0.5) is 0 Å². The predicted octanol–water partition coefficient (Wildman–Crippen LogP) is 1.27. The molecule has 19 heavy (non-hydrogen) atoms. The molecule has 2 rings (SSSR count). The predicted molar refractivity (Wildman–Crippen MR) is 79.1 cm³/mol. The van der Waals surface area contributed by atoms with Gasteiger partial charge < -0.3 is 5.32 Å². The first-order valence-corrected chi connectivity index (χ1v) is 9.46. The maximum Gasteiger partial charge on any atom is 0.151 e. The summed E-state index contributed by atoms with van der Waals surface area (Å²) in [5.41, 5.74) is 0. The molecule has 2 saturated heterocycles. The van der Waals surface area contributed by atoms with E-state index < -0.39 is 9.84 Å². The molecule has 0 saturated carbocycles. The minimum Gasteiger partial charge on any atom is -0.313 e. The normalized spacial score (nSPS) is 33.2. The highest BCUT2D eigenvalue weighted by Crippen LogP contribution is 2.20. The lowest BCUT2D eigenvalue weighted by atomic mass is 10.0. The van der Waals surface area contributed by atoms with Crippen molar-refractivity contribution < 1.29 is 8.42 Å². The standard InChI is InChI=1S/C14H28N2O2S/c1-12(2)9-13-10-16(7-4-6-15-13)14-5-3-8-19(17,18)11-14/h12-15H,3-11H2,1-2H3. The summed E-state index contributed by atoms with van der Waals surface area (Å²) in [6.07, 6.45) is 4.19. The van der Waals surface area contributed by atoms with Crippen LogP contribution in [0.15, 0.2) is 0 Å². The van der Waals surface area contributed by atoms with Gasteiger partial charge in [-0.1, -0.05) is 13.8 Å². The zero-order valence-corrected chi connectivity index (χ0v) is 13.1. The molecule has 0 radical (unpaired) electrons. The number of hydrogen-bond donors (Lipinski definition) is 1. The maximum absolute atomic E-state index is 11.8. The van der Waals surface area contributed by atoms with Crippen LogP contribution in [0.3, 0.4) is 0 Å². The van der Waals surface area contributed by atoms with Crippen molar-refractivity contribution in [2.45, 2.75) is 51.6 Å². The highest BCUT2D eigenvalue weighted by atomic mass is 32.2. The molecule has 2 aliphatic rings. The molecule has 2 aliphatic heterocycles. The van der Waals surface area contributed by atoms with Gasteiger partial charge >= 0.3 is 0 Å². The van der Waals surface area contributed by atoms with Crippen molar-refractivity contribution in [2.24, 2.45) is 5.92 Å². The Morgan fingerprint density at radius 2 is 2.11 bits per heavy atom. The fourth-order valence-corrected chi connectivity index (χ4v) is 5.11. The number of hydrogen-bond acceptors (Lipinski definition) is 4. The second kappa shape index (κ2) is 6.55. The van der Waals surface area contributed by atoms with Crippen molar-refractivity contribution in [2.75, 3.05) is 31.1 Å². The quantitative estimate of drug-likeness (QED) is 0.850. The number of sulfone groups is 1. The first kappa shape index (κ1) is 15.3. The van der Waals surface area contributed by atoms with Gasteiger partial charge in [0, 0.05) is 18.6 Å². The molecule has 0 aromatic carbocycles. The molecule has 2 fully saturated rings. The van der Waals surface area contributed by atoms with Gasteiger partial charge in [0.2, 0.25) is 0 Å². The van der Waals surface area contributed by atoms with Crippen molar-refractivity contribution in [3.05, 3.63) is 0 Å². The lowest BCUT2D eigenvalue weighted by Crippen LogP contribution is -2.47. The van der Waals surface area contributed by atoms with Crippen LogP contribution >= 0.6 is 0 Å². The molecular weight excluding hydrogens is 260 g/mol. The molecule has 2 atom stereocenters. The Bertz CT molecular complexity index is 381. The summed E-state index contributed by atoms with van der Waals surface area (Å²) >= 11 is 0. The van der Waals surface area contributed by atoms with E-state index in [9.17, 15) is 8.42 Å². The summed E-state index contributed by atoms with van der Waals surface area (Å²) in [4.78, 5) is 2.43. The Kier molecular flexibility index (Phi) is 5.26. The van der Waals surface area contributed by atoms with Crippen LogP contribution in [0.2, 0.25) is 0 Å². The van der Waals surface area contributed by atoms with Crippen LogP contribution in [0.5, 0.6) is 0 Å². The molecule has 5 heteroatoms. The molecule has 0 aliphatic carbocycles. The molecule has 112 valence electrons. The molecule has 0 amide bonds. The number of nitrogens with zero attached hydrogens (tertiary/aromatic N) is 1. The van der Waals surface area contributed by atoms with Crippen LogP contribution in [0, 0.1) is 5.92 Å². The molecule has 0 aromatic heterocycles. The van der Waals surface area contributed by atoms with Crippen molar-refractivity contribution in [3.8, 4) is 0 Å². The Morgan fingerprint density at radius 3 is 2.79 bits per heavy atom. The molecule has 1 N–H and O–H groups in total. The average Bonchev–Trinajstić information content (AvgIpc) is 2.52. The Balaban J connectivity index is 1.97. The van der Waals surface area contributed by atoms with Crippen LogP contribution in [0.25, 0.3) is 0 Å². The zero-order chi connectivity index (χ0) is 13.9. The van der Waals surface area contributed by atoms with Gasteiger partial charge in [-0.2, -0.15) is 0 Å². The highest BCUT2D eigenvalue weighted by molar-refractivity contribution is 7.91. The van der Waals surface area contributed by atoms with Gasteiger partial charge in [0.15, 0.2) is 9.84 Å². The van der Waals surface area contributed by atoms with E-state index in [-0.39, 0.29) is 6.04 Å². The van der Waals surface area contributed by atoms with Crippen LogP contribution in [0.1, 0.15) is 39.5 Å². The van der Waals surface area contributed by atoms with E-state index in [0.717, 1.165) is 38.9 Å². The van der Waals surface area contributed by atoms with Crippen LogP contribution in [-0.4, -0.2) is 56.5 Å². The molecule has 2 unspecified atom stereocenters. The monoisotopic (exact) mass is 288 g/mol. The third-order valence-corrected chi connectivity index (χ3v) is 6.02. The van der Waals surface area contributed by atoms with Crippen LogP contribution in [-0.2, 0) is 9.84 Å². The van der Waals surface area contributed by atoms with Gasteiger partial charge in [-0.15, -0.1) is 0 Å². The van der Waals surface area contributed by atoms with Gasteiger partial charge in [-0.25, -0.2) is 8.42 Å². The van der Waals surface area contributed by atoms with Crippen molar-refractivity contribution in [1.82, 2.24) is 10.2 Å². The van der Waals surface area contributed by atoms with Crippen LogP contribution < -0.4 is 5.32 Å². The molecule has 4 nitrogen and oxygen atoms in total. The van der Waals surface area contributed by atoms with E-state index in [1.54, 1.807) is 0 Å². The fraction of sp³-hybridized carbons (Fsp3) is 1.00. The fourth-order valence-electron chi connectivity index (χ4n) is 3.37. The summed E-state index contributed by atoms with van der Waals surface area (Å²) in [7, 11) is -2.80. The Hall–Kier alpha value is -0.130. The average molecular weight is 288 g/mol. The Morgan fingerprint density at radius 1 is 1.32 bits per heavy atom.